The van der Waals surface area contributed by atoms with Gasteiger partial charge in [-0.25, -0.2) is 0 Å². The molecule has 3 nitrogen and oxygen atoms in total. The SMILES string of the molecule is CC(C)N1[C@@H]2CCC[C@@H]1CC(=O)NC2. The summed E-state index contributed by atoms with van der Waals surface area (Å²) in [6, 6.07) is 1.65. The molecule has 14 heavy (non-hydrogen) atoms. The van der Waals surface area contributed by atoms with Crippen LogP contribution in [0, 0.1) is 0 Å². The van der Waals surface area contributed by atoms with Crippen LogP contribution in [0.4, 0.5) is 0 Å². The fraction of sp³-hybridized carbons (Fsp3) is 0.909. The lowest BCUT2D eigenvalue weighted by Gasteiger charge is -2.42. The number of nitrogens with zero attached hydrogens (tertiary/aromatic N) is 1. The minimum absolute atomic E-state index is 0.241. The van der Waals surface area contributed by atoms with Crippen LogP contribution in [-0.2, 0) is 4.79 Å². The summed E-state index contributed by atoms with van der Waals surface area (Å²) in [5.41, 5.74) is 0. The zero-order valence-corrected chi connectivity index (χ0v) is 9.12. The summed E-state index contributed by atoms with van der Waals surface area (Å²) in [7, 11) is 0. The molecule has 0 unspecified atom stereocenters. The van der Waals surface area contributed by atoms with Crippen LogP contribution in [0.25, 0.3) is 0 Å². The molecule has 0 aromatic rings. The molecule has 0 saturated carbocycles. The van der Waals surface area contributed by atoms with Gasteiger partial charge in [0, 0.05) is 31.1 Å². The minimum atomic E-state index is 0.241. The Hall–Kier alpha value is -0.570. The van der Waals surface area contributed by atoms with Gasteiger partial charge in [0.1, 0.15) is 0 Å². The number of hydrogen-bond acceptors (Lipinski definition) is 2. The Morgan fingerprint density at radius 2 is 2.07 bits per heavy atom. The molecule has 1 N–H and O–H groups in total. The van der Waals surface area contributed by atoms with Crippen molar-refractivity contribution in [2.45, 2.75) is 57.7 Å². The average molecular weight is 196 g/mol. The highest BCUT2D eigenvalue weighted by molar-refractivity contribution is 5.77. The predicted octanol–water partition coefficient (Wildman–Crippen LogP) is 1.14. The molecule has 0 aromatic heterocycles. The van der Waals surface area contributed by atoms with Crippen LogP contribution in [0.15, 0.2) is 0 Å². The van der Waals surface area contributed by atoms with Crippen molar-refractivity contribution >= 4 is 5.91 Å². The van der Waals surface area contributed by atoms with Crippen LogP contribution < -0.4 is 5.32 Å². The van der Waals surface area contributed by atoms with Gasteiger partial charge >= 0.3 is 0 Å². The van der Waals surface area contributed by atoms with Gasteiger partial charge < -0.3 is 5.32 Å². The van der Waals surface area contributed by atoms with Crippen molar-refractivity contribution in [1.29, 1.82) is 0 Å². The van der Waals surface area contributed by atoms with Crippen molar-refractivity contribution in [3.63, 3.8) is 0 Å². The predicted molar refractivity (Wildman–Crippen MR) is 56.0 cm³/mol. The fourth-order valence-corrected chi connectivity index (χ4v) is 2.96. The molecule has 0 aliphatic carbocycles. The largest absolute Gasteiger partial charge is 0.354 e. The lowest BCUT2D eigenvalue weighted by atomic mass is 9.93. The number of carbonyl (C=O) groups excluding carboxylic acids is 1. The van der Waals surface area contributed by atoms with Gasteiger partial charge in [-0.3, -0.25) is 9.69 Å². The highest BCUT2D eigenvalue weighted by Crippen LogP contribution is 2.28. The first-order chi connectivity index (χ1) is 6.68. The number of rotatable bonds is 1. The summed E-state index contributed by atoms with van der Waals surface area (Å²) in [6.45, 7) is 5.33. The van der Waals surface area contributed by atoms with Gasteiger partial charge in [0.05, 0.1) is 0 Å². The number of hydrogen-bond donors (Lipinski definition) is 1. The van der Waals surface area contributed by atoms with E-state index in [0.29, 0.717) is 24.5 Å². The third-order valence-corrected chi connectivity index (χ3v) is 3.47. The van der Waals surface area contributed by atoms with Gasteiger partial charge in [-0.15, -0.1) is 0 Å². The quantitative estimate of drug-likeness (QED) is 0.682. The molecule has 3 heteroatoms. The van der Waals surface area contributed by atoms with E-state index >= 15 is 0 Å². The second-order valence-corrected chi connectivity index (χ2v) is 4.79. The van der Waals surface area contributed by atoms with Crippen LogP contribution in [0.5, 0.6) is 0 Å². The van der Waals surface area contributed by atoms with E-state index in [4.69, 9.17) is 0 Å². The number of carbonyl (C=O) groups is 1. The second-order valence-electron chi connectivity index (χ2n) is 4.79. The van der Waals surface area contributed by atoms with Crippen molar-refractivity contribution in [3.05, 3.63) is 0 Å². The summed E-state index contributed by atoms with van der Waals surface area (Å²) in [4.78, 5) is 14.0. The van der Waals surface area contributed by atoms with Crippen molar-refractivity contribution in [2.75, 3.05) is 6.54 Å². The number of nitrogens with one attached hydrogen (secondary N) is 1. The van der Waals surface area contributed by atoms with Crippen molar-refractivity contribution in [1.82, 2.24) is 10.2 Å². The Bertz CT molecular complexity index is 227. The van der Waals surface area contributed by atoms with Crippen LogP contribution in [0.2, 0.25) is 0 Å². The van der Waals surface area contributed by atoms with Gasteiger partial charge in [0.15, 0.2) is 0 Å². The summed E-state index contributed by atoms with van der Waals surface area (Å²) >= 11 is 0. The van der Waals surface area contributed by atoms with Gasteiger partial charge in [-0.1, -0.05) is 6.42 Å². The first-order valence-corrected chi connectivity index (χ1v) is 5.72. The monoisotopic (exact) mass is 196 g/mol. The van der Waals surface area contributed by atoms with Gasteiger partial charge in [0.25, 0.3) is 0 Å². The molecule has 1 amide bonds. The van der Waals surface area contributed by atoms with Crippen LogP contribution in [-0.4, -0.2) is 35.5 Å². The van der Waals surface area contributed by atoms with Gasteiger partial charge in [-0.05, 0) is 26.7 Å². The summed E-state index contributed by atoms with van der Waals surface area (Å²) < 4.78 is 0. The summed E-state index contributed by atoms with van der Waals surface area (Å²) in [6.07, 6.45) is 4.43. The highest BCUT2D eigenvalue weighted by atomic mass is 16.1. The van der Waals surface area contributed by atoms with Crippen molar-refractivity contribution < 1.29 is 4.79 Å². The highest BCUT2D eigenvalue weighted by Gasteiger charge is 2.35. The molecule has 2 aliphatic heterocycles. The third-order valence-electron chi connectivity index (χ3n) is 3.47. The number of amides is 1. The van der Waals surface area contributed by atoms with Crippen LogP contribution in [0.1, 0.15) is 39.5 Å². The number of piperidine rings is 1. The summed E-state index contributed by atoms with van der Waals surface area (Å²) in [5, 5.41) is 3.02. The summed E-state index contributed by atoms with van der Waals surface area (Å²) in [5.74, 6) is 0.241. The van der Waals surface area contributed by atoms with E-state index in [-0.39, 0.29) is 5.91 Å². The zero-order valence-electron chi connectivity index (χ0n) is 9.12. The van der Waals surface area contributed by atoms with E-state index < -0.39 is 0 Å². The van der Waals surface area contributed by atoms with Crippen LogP contribution >= 0.6 is 0 Å². The smallest absolute Gasteiger partial charge is 0.221 e. The lowest BCUT2D eigenvalue weighted by Crippen LogP contribution is -2.51. The molecule has 0 aromatic carbocycles. The molecule has 0 spiro atoms. The molecular weight excluding hydrogens is 176 g/mol. The first-order valence-electron chi connectivity index (χ1n) is 5.72. The Morgan fingerprint density at radius 1 is 1.36 bits per heavy atom. The molecule has 0 radical (unpaired) electrons. The topological polar surface area (TPSA) is 32.3 Å². The van der Waals surface area contributed by atoms with E-state index in [2.05, 4.69) is 24.1 Å². The Kier molecular flexibility index (Phi) is 2.77. The Morgan fingerprint density at radius 3 is 2.79 bits per heavy atom. The normalized spacial score (nSPS) is 34.1. The fourth-order valence-electron chi connectivity index (χ4n) is 2.96. The zero-order chi connectivity index (χ0) is 10.1. The molecule has 2 aliphatic rings. The van der Waals surface area contributed by atoms with E-state index in [1.807, 2.05) is 0 Å². The van der Waals surface area contributed by atoms with E-state index in [1.165, 1.54) is 19.3 Å². The minimum Gasteiger partial charge on any atom is -0.354 e. The molecule has 2 bridgehead atoms. The van der Waals surface area contributed by atoms with Gasteiger partial charge in [0.2, 0.25) is 5.91 Å². The average Bonchev–Trinajstić information content (AvgIpc) is 2.22. The molecule has 2 heterocycles. The molecule has 80 valence electrons. The molecule has 2 saturated heterocycles. The maximum absolute atomic E-state index is 11.5. The molecule has 2 rings (SSSR count). The molecule has 2 atom stereocenters. The van der Waals surface area contributed by atoms with E-state index in [0.717, 1.165) is 6.54 Å². The van der Waals surface area contributed by atoms with E-state index in [9.17, 15) is 4.79 Å². The Balaban J connectivity index is 2.17. The number of fused-ring (bicyclic) bond motifs is 2. The Labute approximate surface area is 85.8 Å². The maximum Gasteiger partial charge on any atom is 0.221 e. The van der Waals surface area contributed by atoms with E-state index in [1.54, 1.807) is 0 Å². The third kappa shape index (κ3) is 1.78. The lowest BCUT2D eigenvalue weighted by molar-refractivity contribution is -0.121. The molecular formula is C11H20N2O. The van der Waals surface area contributed by atoms with Crippen molar-refractivity contribution in [3.8, 4) is 0 Å². The van der Waals surface area contributed by atoms with Crippen LogP contribution in [0.3, 0.4) is 0 Å². The maximum atomic E-state index is 11.5. The molecule has 2 fully saturated rings. The van der Waals surface area contributed by atoms with Gasteiger partial charge in [-0.2, -0.15) is 0 Å². The standard InChI is InChI=1S/C11H20N2O/c1-8(2)13-9-4-3-5-10(13)7-12-11(14)6-9/h8-10H,3-7H2,1-2H3,(H,12,14)/t9-,10-/m1/s1. The first kappa shape index (κ1) is 9.97. The second kappa shape index (κ2) is 3.89. The van der Waals surface area contributed by atoms with Crippen molar-refractivity contribution in [2.24, 2.45) is 0 Å².